The van der Waals surface area contributed by atoms with E-state index in [1.807, 2.05) is 48.5 Å². The number of unbranched alkanes of at least 4 members (excludes halogenated alkanes) is 1. The molecule has 0 amide bonds. The Hall–Kier alpha value is -3.54. The van der Waals surface area contributed by atoms with Crippen LogP contribution in [0.25, 0.3) is 12.2 Å². The summed E-state index contributed by atoms with van der Waals surface area (Å²) >= 11 is 0. The average molecular weight is 410 g/mol. The largest absolute Gasteiger partial charge is 0.497 e. The first-order valence-corrected chi connectivity index (χ1v) is 9.58. The predicted molar refractivity (Wildman–Crippen MR) is 115 cm³/mol. The Labute approximate surface area is 176 Å². The minimum absolute atomic E-state index is 0.269. The second-order valence-electron chi connectivity index (χ2n) is 6.26. The van der Waals surface area contributed by atoms with Crippen molar-refractivity contribution < 1.29 is 28.5 Å². The molecule has 0 unspecified atom stereocenters. The maximum absolute atomic E-state index is 11.7. The third kappa shape index (κ3) is 8.65. The first kappa shape index (κ1) is 22.7. The van der Waals surface area contributed by atoms with Crippen molar-refractivity contribution in [3.63, 3.8) is 0 Å². The summed E-state index contributed by atoms with van der Waals surface area (Å²) in [6.07, 6.45) is 7.34. The molecule has 0 bridgehead atoms. The zero-order chi connectivity index (χ0) is 21.6. The van der Waals surface area contributed by atoms with Gasteiger partial charge in [0.15, 0.2) is 0 Å². The van der Waals surface area contributed by atoms with E-state index in [0.29, 0.717) is 12.8 Å². The standard InChI is InChI=1S/C24H26O6/c1-27-21-11-5-19(6-12-21)9-15-23(25)29-17-3-4-18-30-24(26)16-10-20-7-13-22(28-2)14-8-20/h5-16H,3-4,17-18H2,1-2H3/b15-9+,16-10+. The van der Waals surface area contributed by atoms with Crippen LogP contribution in [0, 0.1) is 0 Å². The molecule has 2 aromatic rings. The van der Waals surface area contributed by atoms with E-state index < -0.39 is 11.9 Å². The van der Waals surface area contributed by atoms with Crippen molar-refractivity contribution in [1.82, 2.24) is 0 Å². The van der Waals surface area contributed by atoms with Crippen LogP contribution in [0.2, 0.25) is 0 Å². The Morgan fingerprint density at radius 3 is 1.37 bits per heavy atom. The van der Waals surface area contributed by atoms with Crippen molar-refractivity contribution in [3.05, 3.63) is 71.8 Å². The monoisotopic (exact) mass is 410 g/mol. The van der Waals surface area contributed by atoms with Crippen LogP contribution in [0.4, 0.5) is 0 Å². The average Bonchev–Trinajstić information content (AvgIpc) is 2.79. The van der Waals surface area contributed by atoms with E-state index >= 15 is 0 Å². The van der Waals surface area contributed by atoms with Crippen LogP contribution in [0.15, 0.2) is 60.7 Å². The molecule has 0 aromatic heterocycles. The van der Waals surface area contributed by atoms with Gasteiger partial charge in [0.1, 0.15) is 11.5 Å². The molecule has 0 saturated carbocycles. The Kier molecular flexibility index (Phi) is 9.73. The number of benzene rings is 2. The lowest BCUT2D eigenvalue weighted by Gasteiger charge is -2.03. The number of ether oxygens (including phenoxy) is 4. The van der Waals surface area contributed by atoms with E-state index in [1.54, 1.807) is 26.4 Å². The van der Waals surface area contributed by atoms with Gasteiger partial charge in [-0.2, -0.15) is 0 Å². The Bertz CT molecular complexity index is 777. The van der Waals surface area contributed by atoms with Crippen molar-refractivity contribution in [2.75, 3.05) is 27.4 Å². The van der Waals surface area contributed by atoms with Gasteiger partial charge in [0.25, 0.3) is 0 Å². The highest BCUT2D eigenvalue weighted by Crippen LogP contribution is 2.13. The van der Waals surface area contributed by atoms with Gasteiger partial charge < -0.3 is 18.9 Å². The van der Waals surface area contributed by atoms with Crippen LogP contribution in [0.1, 0.15) is 24.0 Å². The van der Waals surface area contributed by atoms with Gasteiger partial charge in [-0.1, -0.05) is 24.3 Å². The minimum Gasteiger partial charge on any atom is -0.497 e. The number of methoxy groups -OCH3 is 2. The lowest BCUT2D eigenvalue weighted by Crippen LogP contribution is -2.06. The third-order valence-electron chi connectivity index (χ3n) is 4.08. The van der Waals surface area contributed by atoms with Crippen molar-refractivity contribution in [3.8, 4) is 11.5 Å². The lowest BCUT2D eigenvalue weighted by atomic mass is 10.2. The quantitative estimate of drug-likeness (QED) is 0.313. The summed E-state index contributed by atoms with van der Waals surface area (Å²) in [6.45, 7) is 0.538. The van der Waals surface area contributed by atoms with E-state index in [-0.39, 0.29) is 13.2 Å². The second-order valence-corrected chi connectivity index (χ2v) is 6.26. The summed E-state index contributed by atoms with van der Waals surface area (Å²) in [5.74, 6) is 0.689. The molecule has 0 spiro atoms. The van der Waals surface area contributed by atoms with Crippen LogP contribution >= 0.6 is 0 Å². The van der Waals surface area contributed by atoms with E-state index in [4.69, 9.17) is 18.9 Å². The van der Waals surface area contributed by atoms with Gasteiger partial charge in [0.2, 0.25) is 0 Å². The molecule has 0 heterocycles. The molecule has 0 atom stereocenters. The molecule has 6 heteroatoms. The van der Waals surface area contributed by atoms with Crippen molar-refractivity contribution in [2.24, 2.45) is 0 Å². The highest BCUT2D eigenvalue weighted by atomic mass is 16.5. The first-order valence-electron chi connectivity index (χ1n) is 9.58. The lowest BCUT2D eigenvalue weighted by molar-refractivity contribution is -0.140. The molecule has 0 N–H and O–H groups in total. The molecule has 2 aromatic carbocycles. The van der Waals surface area contributed by atoms with Crippen LogP contribution < -0.4 is 9.47 Å². The normalized spacial score (nSPS) is 10.9. The number of hydrogen-bond acceptors (Lipinski definition) is 6. The minimum atomic E-state index is -0.412. The number of rotatable bonds is 11. The summed E-state index contributed by atoms with van der Waals surface area (Å²) < 4.78 is 20.4. The van der Waals surface area contributed by atoms with Gasteiger partial charge in [-0.25, -0.2) is 9.59 Å². The Morgan fingerprint density at radius 2 is 1.03 bits per heavy atom. The molecular weight excluding hydrogens is 384 g/mol. The number of hydrogen-bond donors (Lipinski definition) is 0. The van der Waals surface area contributed by atoms with Crippen molar-refractivity contribution in [2.45, 2.75) is 12.8 Å². The summed E-state index contributed by atoms with van der Waals surface area (Å²) in [7, 11) is 3.20. The zero-order valence-electron chi connectivity index (χ0n) is 17.2. The van der Waals surface area contributed by atoms with E-state index in [0.717, 1.165) is 22.6 Å². The first-order chi connectivity index (χ1) is 14.6. The highest BCUT2D eigenvalue weighted by molar-refractivity contribution is 5.87. The maximum atomic E-state index is 11.7. The topological polar surface area (TPSA) is 71.1 Å². The SMILES string of the molecule is COc1ccc(/C=C/C(=O)OCCCCOC(=O)/C=C/c2ccc(OC)cc2)cc1. The maximum Gasteiger partial charge on any atom is 0.330 e. The molecule has 0 radical (unpaired) electrons. The summed E-state index contributed by atoms with van der Waals surface area (Å²) in [6, 6.07) is 14.7. The van der Waals surface area contributed by atoms with Crippen LogP contribution in [-0.4, -0.2) is 39.4 Å². The van der Waals surface area contributed by atoms with Gasteiger partial charge in [-0.05, 0) is 60.4 Å². The number of carbonyl (C=O) groups excluding carboxylic acids is 2. The summed E-state index contributed by atoms with van der Waals surface area (Å²) in [5, 5.41) is 0. The molecular formula is C24H26O6. The molecule has 30 heavy (non-hydrogen) atoms. The van der Waals surface area contributed by atoms with Crippen LogP contribution in [0.3, 0.4) is 0 Å². The molecule has 0 fully saturated rings. The predicted octanol–water partition coefficient (Wildman–Crippen LogP) is 4.30. The van der Waals surface area contributed by atoms with E-state index in [1.165, 1.54) is 12.2 Å². The van der Waals surface area contributed by atoms with Gasteiger partial charge in [-0.3, -0.25) is 0 Å². The molecule has 158 valence electrons. The van der Waals surface area contributed by atoms with Gasteiger partial charge in [-0.15, -0.1) is 0 Å². The van der Waals surface area contributed by atoms with Crippen LogP contribution in [0.5, 0.6) is 11.5 Å². The van der Waals surface area contributed by atoms with Gasteiger partial charge >= 0.3 is 11.9 Å². The fourth-order valence-electron chi connectivity index (χ4n) is 2.40. The molecule has 0 aliphatic carbocycles. The fourth-order valence-corrected chi connectivity index (χ4v) is 2.40. The second kappa shape index (κ2) is 12.8. The highest BCUT2D eigenvalue weighted by Gasteiger charge is 2.00. The Morgan fingerprint density at radius 1 is 0.667 bits per heavy atom. The van der Waals surface area contributed by atoms with Crippen LogP contribution in [-0.2, 0) is 19.1 Å². The molecule has 6 nitrogen and oxygen atoms in total. The van der Waals surface area contributed by atoms with E-state index in [2.05, 4.69) is 0 Å². The van der Waals surface area contributed by atoms with Gasteiger partial charge in [0, 0.05) is 12.2 Å². The molecule has 0 aliphatic heterocycles. The summed E-state index contributed by atoms with van der Waals surface area (Å²) in [4.78, 5) is 23.4. The zero-order valence-corrected chi connectivity index (χ0v) is 17.2. The summed E-state index contributed by atoms with van der Waals surface area (Å²) in [5.41, 5.74) is 1.75. The van der Waals surface area contributed by atoms with Crippen molar-refractivity contribution in [1.29, 1.82) is 0 Å². The fraction of sp³-hybridized carbons (Fsp3) is 0.250. The Balaban J connectivity index is 1.57. The molecule has 2 rings (SSSR count). The van der Waals surface area contributed by atoms with E-state index in [9.17, 15) is 9.59 Å². The van der Waals surface area contributed by atoms with Crippen molar-refractivity contribution >= 4 is 24.1 Å². The molecule has 0 aliphatic rings. The number of esters is 2. The number of carbonyl (C=O) groups is 2. The smallest absolute Gasteiger partial charge is 0.330 e. The van der Waals surface area contributed by atoms with Gasteiger partial charge in [0.05, 0.1) is 27.4 Å². The third-order valence-corrected chi connectivity index (χ3v) is 4.08. The molecule has 0 saturated heterocycles.